The first-order valence-electron chi connectivity index (χ1n) is 9.34. The summed E-state index contributed by atoms with van der Waals surface area (Å²) in [5, 5.41) is 10.1. The van der Waals surface area contributed by atoms with Crippen molar-refractivity contribution in [3.05, 3.63) is 103 Å². The summed E-state index contributed by atoms with van der Waals surface area (Å²) in [6, 6.07) is 31.9. The lowest BCUT2D eigenvalue weighted by atomic mass is 10.1. The van der Waals surface area contributed by atoms with Gasteiger partial charge in [0.15, 0.2) is 5.82 Å². The van der Waals surface area contributed by atoms with E-state index in [1.165, 1.54) is 0 Å². The van der Waals surface area contributed by atoms with Crippen molar-refractivity contribution in [2.75, 3.05) is 0 Å². The van der Waals surface area contributed by atoms with Crippen molar-refractivity contribution < 1.29 is 0 Å². The first kappa shape index (κ1) is 16.9. The molecule has 0 atom stereocenters. The van der Waals surface area contributed by atoms with Gasteiger partial charge in [-0.25, -0.2) is 9.97 Å². The second kappa shape index (κ2) is 7.06. The Morgan fingerprint density at radius 3 is 2.00 bits per heavy atom. The fraction of sp³-hybridized carbons (Fsp3) is 0. The molecular formula is C25H16N4. The molecule has 0 fully saturated rings. The highest BCUT2D eigenvalue weighted by molar-refractivity contribution is 5.93. The molecule has 0 unspecified atom stereocenters. The highest BCUT2D eigenvalue weighted by Crippen LogP contribution is 2.31. The molecule has 0 aliphatic heterocycles. The molecule has 2 heterocycles. The van der Waals surface area contributed by atoms with Crippen LogP contribution in [0.5, 0.6) is 0 Å². The van der Waals surface area contributed by atoms with Gasteiger partial charge in [-0.1, -0.05) is 60.7 Å². The van der Waals surface area contributed by atoms with Crippen LogP contribution in [0.1, 0.15) is 5.56 Å². The first-order valence-corrected chi connectivity index (χ1v) is 9.34. The Morgan fingerprint density at radius 1 is 0.690 bits per heavy atom. The molecule has 4 nitrogen and oxygen atoms in total. The second-order valence-corrected chi connectivity index (χ2v) is 6.71. The fourth-order valence-electron chi connectivity index (χ4n) is 3.45. The van der Waals surface area contributed by atoms with E-state index in [0.717, 1.165) is 33.5 Å². The third kappa shape index (κ3) is 3.05. The Kier molecular flexibility index (Phi) is 4.12. The van der Waals surface area contributed by atoms with Gasteiger partial charge in [-0.15, -0.1) is 0 Å². The zero-order chi connectivity index (χ0) is 19.6. The van der Waals surface area contributed by atoms with E-state index in [2.05, 4.69) is 18.2 Å². The van der Waals surface area contributed by atoms with Crippen LogP contribution in [0.3, 0.4) is 0 Å². The SMILES string of the molecule is N#Cc1ccc(-n2ccc3c(-c4ccccc4)nc(-c4ccccc4)nc32)cc1. The van der Waals surface area contributed by atoms with Gasteiger partial charge in [0.05, 0.1) is 17.3 Å². The first-order chi connectivity index (χ1) is 14.3. The van der Waals surface area contributed by atoms with Gasteiger partial charge in [0.1, 0.15) is 5.65 Å². The van der Waals surface area contributed by atoms with Crippen LogP contribution in [0.4, 0.5) is 0 Å². The van der Waals surface area contributed by atoms with E-state index >= 15 is 0 Å². The van der Waals surface area contributed by atoms with Crippen LogP contribution in [-0.2, 0) is 0 Å². The van der Waals surface area contributed by atoms with E-state index in [-0.39, 0.29) is 0 Å². The molecule has 0 saturated heterocycles. The van der Waals surface area contributed by atoms with Crippen molar-refractivity contribution in [1.29, 1.82) is 5.26 Å². The number of rotatable bonds is 3. The number of nitriles is 1. The Bertz CT molecular complexity index is 1330. The summed E-state index contributed by atoms with van der Waals surface area (Å²) < 4.78 is 2.04. The summed E-state index contributed by atoms with van der Waals surface area (Å²) in [4.78, 5) is 9.81. The molecule has 5 aromatic rings. The van der Waals surface area contributed by atoms with E-state index < -0.39 is 0 Å². The number of benzene rings is 3. The molecule has 3 aromatic carbocycles. The van der Waals surface area contributed by atoms with Crippen molar-refractivity contribution >= 4 is 11.0 Å². The van der Waals surface area contributed by atoms with E-state index in [4.69, 9.17) is 15.2 Å². The topological polar surface area (TPSA) is 54.5 Å². The maximum absolute atomic E-state index is 9.08. The van der Waals surface area contributed by atoms with Crippen LogP contribution < -0.4 is 0 Å². The molecule has 0 spiro atoms. The van der Waals surface area contributed by atoms with Crippen LogP contribution in [0.15, 0.2) is 97.2 Å². The highest BCUT2D eigenvalue weighted by atomic mass is 15.1. The summed E-state index contributed by atoms with van der Waals surface area (Å²) in [5.74, 6) is 0.686. The third-order valence-corrected chi connectivity index (χ3v) is 4.90. The molecule has 4 heteroatoms. The van der Waals surface area contributed by atoms with E-state index in [9.17, 15) is 0 Å². The van der Waals surface area contributed by atoms with Gasteiger partial charge in [-0.2, -0.15) is 5.26 Å². The lowest BCUT2D eigenvalue weighted by molar-refractivity contribution is 1.08. The molecular weight excluding hydrogens is 356 g/mol. The molecule has 0 radical (unpaired) electrons. The normalized spacial score (nSPS) is 10.7. The summed E-state index contributed by atoms with van der Waals surface area (Å²) in [7, 11) is 0. The summed E-state index contributed by atoms with van der Waals surface area (Å²) in [6.07, 6.45) is 2.00. The maximum atomic E-state index is 9.08. The van der Waals surface area contributed by atoms with Gasteiger partial charge in [0.2, 0.25) is 0 Å². The highest BCUT2D eigenvalue weighted by Gasteiger charge is 2.15. The smallest absolute Gasteiger partial charge is 0.162 e. The predicted molar refractivity (Wildman–Crippen MR) is 114 cm³/mol. The van der Waals surface area contributed by atoms with Crippen LogP contribution in [0, 0.1) is 11.3 Å². The van der Waals surface area contributed by atoms with Crippen LogP contribution >= 0.6 is 0 Å². The quantitative estimate of drug-likeness (QED) is 0.413. The average molecular weight is 372 g/mol. The Labute approximate surface area is 168 Å². The van der Waals surface area contributed by atoms with Crippen molar-refractivity contribution in [3.8, 4) is 34.4 Å². The summed E-state index contributed by atoms with van der Waals surface area (Å²) in [6.45, 7) is 0. The molecule has 0 bridgehead atoms. The second-order valence-electron chi connectivity index (χ2n) is 6.71. The standard InChI is InChI=1S/C25H16N4/c26-17-18-11-13-21(14-12-18)29-16-15-22-23(19-7-3-1-4-8-19)27-24(28-25(22)29)20-9-5-2-6-10-20/h1-16H. The van der Waals surface area contributed by atoms with Crippen molar-refractivity contribution in [2.24, 2.45) is 0 Å². The van der Waals surface area contributed by atoms with Gasteiger partial charge in [0.25, 0.3) is 0 Å². The lowest BCUT2D eigenvalue weighted by Crippen LogP contribution is -1.99. The number of hydrogen-bond acceptors (Lipinski definition) is 3. The molecule has 0 aliphatic carbocycles. The van der Waals surface area contributed by atoms with E-state index in [1.54, 1.807) is 0 Å². The minimum Gasteiger partial charge on any atom is -0.301 e. The molecule has 29 heavy (non-hydrogen) atoms. The van der Waals surface area contributed by atoms with Crippen LogP contribution in [0.25, 0.3) is 39.4 Å². The number of aromatic nitrogens is 3. The number of fused-ring (bicyclic) bond motifs is 1. The fourth-order valence-corrected chi connectivity index (χ4v) is 3.45. The monoisotopic (exact) mass is 372 g/mol. The number of nitrogens with zero attached hydrogens (tertiary/aromatic N) is 4. The summed E-state index contributed by atoms with van der Waals surface area (Å²) >= 11 is 0. The Hall–Kier alpha value is -4.23. The zero-order valence-corrected chi connectivity index (χ0v) is 15.5. The van der Waals surface area contributed by atoms with Gasteiger partial charge in [0, 0.05) is 28.4 Å². The Balaban J connectivity index is 1.78. The molecule has 0 aliphatic rings. The lowest BCUT2D eigenvalue weighted by Gasteiger charge is -2.10. The number of hydrogen-bond donors (Lipinski definition) is 0. The van der Waals surface area contributed by atoms with E-state index in [1.807, 2.05) is 89.6 Å². The molecule has 136 valence electrons. The minimum atomic E-state index is 0.634. The van der Waals surface area contributed by atoms with Crippen LogP contribution in [0.2, 0.25) is 0 Å². The third-order valence-electron chi connectivity index (χ3n) is 4.90. The molecule has 5 rings (SSSR count). The van der Waals surface area contributed by atoms with Gasteiger partial charge in [-0.05, 0) is 30.3 Å². The summed E-state index contributed by atoms with van der Waals surface area (Å²) in [5.41, 5.74) is 5.35. The largest absolute Gasteiger partial charge is 0.301 e. The molecule has 0 amide bonds. The van der Waals surface area contributed by atoms with Crippen molar-refractivity contribution in [3.63, 3.8) is 0 Å². The molecule has 0 N–H and O–H groups in total. The van der Waals surface area contributed by atoms with Gasteiger partial charge < -0.3 is 4.57 Å². The van der Waals surface area contributed by atoms with E-state index in [0.29, 0.717) is 11.4 Å². The van der Waals surface area contributed by atoms with Gasteiger partial charge >= 0.3 is 0 Å². The average Bonchev–Trinajstić information content (AvgIpc) is 3.24. The van der Waals surface area contributed by atoms with Crippen molar-refractivity contribution in [2.45, 2.75) is 0 Å². The predicted octanol–water partition coefficient (Wildman–Crippen LogP) is 5.63. The van der Waals surface area contributed by atoms with Gasteiger partial charge in [-0.3, -0.25) is 0 Å². The Morgan fingerprint density at radius 2 is 1.34 bits per heavy atom. The molecule has 2 aromatic heterocycles. The zero-order valence-electron chi connectivity index (χ0n) is 15.5. The van der Waals surface area contributed by atoms with Crippen molar-refractivity contribution in [1.82, 2.24) is 14.5 Å². The minimum absolute atomic E-state index is 0.634. The molecule has 0 saturated carbocycles. The maximum Gasteiger partial charge on any atom is 0.162 e. The van der Waals surface area contributed by atoms with Crippen LogP contribution in [-0.4, -0.2) is 14.5 Å².